The SMILES string of the molecule is O=S(/C=C/c1ccc(C(F)(F)F)cc1)C(F)(F)F. The van der Waals surface area contributed by atoms with E-state index < -0.39 is 28.0 Å². The molecule has 1 rings (SSSR count). The van der Waals surface area contributed by atoms with E-state index in [2.05, 4.69) is 0 Å². The van der Waals surface area contributed by atoms with E-state index in [9.17, 15) is 30.6 Å². The molecular formula is C10H6F6OS. The molecule has 0 amide bonds. The molecule has 0 aliphatic heterocycles. The molecule has 0 fully saturated rings. The molecule has 0 radical (unpaired) electrons. The second-order valence-corrected chi connectivity index (χ2v) is 4.50. The van der Waals surface area contributed by atoms with Gasteiger partial charge in [0.15, 0.2) is 10.8 Å². The van der Waals surface area contributed by atoms with Crippen LogP contribution in [0.5, 0.6) is 0 Å². The van der Waals surface area contributed by atoms with Gasteiger partial charge in [0.25, 0.3) is 0 Å². The van der Waals surface area contributed by atoms with Crippen LogP contribution in [0.4, 0.5) is 26.3 Å². The maximum atomic E-state index is 12.2. The minimum Gasteiger partial charge on any atom is -0.246 e. The fourth-order valence-corrected chi connectivity index (χ4v) is 1.44. The fourth-order valence-electron chi connectivity index (χ4n) is 1.00. The Morgan fingerprint density at radius 2 is 1.44 bits per heavy atom. The van der Waals surface area contributed by atoms with Crippen molar-refractivity contribution in [2.45, 2.75) is 11.7 Å². The molecule has 0 aliphatic rings. The zero-order valence-electron chi connectivity index (χ0n) is 8.55. The molecule has 100 valence electrons. The van der Waals surface area contributed by atoms with E-state index in [1.807, 2.05) is 0 Å². The lowest BCUT2D eigenvalue weighted by Gasteiger charge is -2.06. The van der Waals surface area contributed by atoms with Crippen molar-refractivity contribution in [2.24, 2.45) is 0 Å². The van der Waals surface area contributed by atoms with E-state index in [-0.39, 0.29) is 5.56 Å². The third kappa shape index (κ3) is 4.17. The molecular weight excluding hydrogens is 282 g/mol. The van der Waals surface area contributed by atoms with Crippen molar-refractivity contribution in [2.75, 3.05) is 0 Å². The third-order valence-electron chi connectivity index (χ3n) is 1.85. The van der Waals surface area contributed by atoms with E-state index in [1.165, 1.54) is 0 Å². The highest BCUT2D eigenvalue weighted by Crippen LogP contribution is 2.29. The quantitative estimate of drug-likeness (QED) is 0.753. The molecule has 1 atom stereocenters. The molecule has 0 saturated carbocycles. The summed E-state index contributed by atoms with van der Waals surface area (Å²) < 4.78 is 82.7. The van der Waals surface area contributed by atoms with Crippen LogP contribution in [0.15, 0.2) is 29.7 Å². The first kappa shape index (κ1) is 14.7. The molecule has 1 nitrogen and oxygen atoms in total. The summed E-state index contributed by atoms with van der Waals surface area (Å²) in [6.07, 6.45) is -3.65. The van der Waals surface area contributed by atoms with Crippen LogP contribution in [0.2, 0.25) is 0 Å². The van der Waals surface area contributed by atoms with Crippen LogP contribution in [0, 0.1) is 0 Å². The number of rotatable bonds is 2. The Morgan fingerprint density at radius 3 is 1.83 bits per heavy atom. The van der Waals surface area contributed by atoms with Crippen LogP contribution in [-0.2, 0) is 17.0 Å². The average molecular weight is 288 g/mol. The Bertz CT molecular complexity index is 457. The number of alkyl halides is 6. The molecule has 1 aromatic rings. The van der Waals surface area contributed by atoms with Gasteiger partial charge in [-0.25, -0.2) is 4.21 Å². The highest BCUT2D eigenvalue weighted by molar-refractivity contribution is 7.89. The molecule has 0 bridgehead atoms. The van der Waals surface area contributed by atoms with Crippen molar-refractivity contribution in [1.82, 2.24) is 0 Å². The molecule has 0 saturated heterocycles. The summed E-state index contributed by atoms with van der Waals surface area (Å²) in [5, 5.41) is 0.378. The Kier molecular flexibility index (Phi) is 4.20. The second-order valence-electron chi connectivity index (χ2n) is 3.17. The van der Waals surface area contributed by atoms with Crippen molar-refractivity contribution in [3.05, 3.63) is 40.8 Å². The summed E-state index contributed by atoms with van der Waals surface area (Å²) in [5.41, 5.74) is -5.68. The van der Waals surface area contributed by atoms with Crippen molar-refractivity contribution >= 4 is 16.9 Å². The van der Waals surface area contributed by atoms with Crippen LogP contribution < -0.4 is 0 Å². The monoisotopic (exact) mass is 288 g/mol. The Balaban J connectivity index is 2.82. The average Bonchev–Trinajstić information content (AvgIpc) is 2.24. The zero-order valence-corrected chi connectivity index (χ0v) is 9.36. The molecule has 1 aromatic carbocycles. The van der Waals surface area contributed by atoms with Crippen LogP contribution >= 0.6 is 0 Å². The minimum atomic E-state index is -4.87. The molecule has 0 spiro atoms. The zero-order chi connectivity index (χ0) is 14.0. The summed E-state index contributed by atoms with van der Waals surface area (Å²) in [6, 6.07) is 3.45. The molecule has 0 aliphatic carbocycles. The maximum absolute atomic E-state index is 12.2. The van der Waals surface area contributed by atoms with Crippen LogP contribution in [0.1, 0.15) is 11.1 Å². The summed E-state index contributed by atoms with van der Waals surface area (Å²) in [7, 11) is -3.16. The minimum absolute atomic E-state index is 0.0978. The van der Waals surface area contributed by atoms with Crippen LogP contribution in [0.3, 0.4) is 0 Å². The second kappa shape index (κ2) is 5.13. The molecule has 8 heteroatoms. The highest BCUT2D eigenvalue weighted by atomic mass is 32.2. The van der Waals surface area contributed by atoms with Gasteiger partial charge in [-0.3, -0.25) is 0 Å². The van der Waals surface area contributed by atoms with Crippen molar-refractivity contribution in [3.8, 4) is 0 Å². The summed E-state index contributed by atoms with van der Waals surface area (Å²) in [6.45, 7) is 0. The summed E-state index contributed by atoms with van der Waals surface area (Å²) in [5.74, 6) is 0. The summed E-state index contributed by atoms with van der Waals surface area (Å²) in [4.78, 5) is 0. The predicted octanol–water partition coefficient (Wildman–Crippen LogP) is 3.94. The topological polar surface area (TPSA) is 17.1 Å². The van der Waals surface area contributed by atoms with E-state index in [0.29, 0.717) is 5.41 Å². The van der Waals surface area contributed by atoms with Gasteiger partial charge < -0.3 is 0 Å². The van der Waals surface area contributed by atoms with Gasteiger partial charge in [-0.05, 0) is 23.8 Å². The molecule has 18 heavy (non-hydrogen) atoms. The van der Waals surface area contributed by atoms with Gasteiger partial charge in [0, 0.05) is 5.41 Å². The molecule has 0 N–H and O–H groups in total. The van der Waals surface area contributed by atoms with Crippen LogP contribution in [0.25, 0.3) is 6.08 Å². The van der Waals surface area contributed by atoms with E-state index in [4.69, 9.17) is 0 Å². The van der Waals surface area contributed by atoms with Crippen molar-refractivity contribution in [1.29, 1.82) is 0 Å². The predicted molar refractivity (Wildman–Crippen MR) is 54.7 cm³/mol. The number of halogens is 6. The van der Waals surface area contributed by atoms with Crippen LogP contribution in [-0.4, -0.2) is 9.72 Å². The maximum Gasteiger partial charge on any atom is 0.475 e. The van der Waals surface area contributed by atoms with Gasteiger partial charge in [0.1, 0.15) is 0 Å². The molecule has 1 unspecified atom stereocenters. The van der Waals surface area contributed by atoms with Gasteiger partial charge in [-0.1, -0.05) is 12.1 Å². The first-order valence-corrected chi connectivity index (χ1v) is 5.65. The lowest BCUT2D eigenvalue weighted by atomic mass is 10.1. The first-order valence-electron chi connectivity index (χ1n) is 4.43. The van der Waals surface area contributed by atoms with E-state index in [1.54, 1.807) is 0 Å². The first-order chi connectivity index (χ1) is 8.10. The largest absolute Gasteiger partial charge is 0.475 e. The van der Waals surface area contributed by atoms with Gasteiger partial charge in [-0.2, -0.15) is 26.3 Å². The fraction of sp³-hybridized carbons (Fsp3) is 0.200. The molecule has 0 heterocycles. The highest BCUT2D eigenvalue weighted by Gasteiger charge is 2.35. The third-order valence-corrected chi connectivity index (χ3v) is 2.69. The molecule has 0 aromatic heterocycles. The smallest absolute Gasteiger partial charge is 0.246 e. The van der Waals surface area contributed by atoms with E-state index >= 15 is 0 Å². The normalized spacial score (nSPS) is 15.0. The lowest BCUT2D eigenvalue weighted by Crippen LogP contribution is -2.13. The standard InChI is InChI=1S/C10H6F6OS/c11-9(12,13)8-3-1-7(2-4-8)5-6-18(17)10(14,15)16/h1-6H/b6-5+. The Labute approximate surface area is 101 Å². The Morgan fingerprint density at radius 1 is 0.944 bits per heavy atom. The van der Waals surface area contributed by atoms with Gasteiger partial charge in [0.2, 0.25) is 0 Å². The lowest BCUT2D eigenvalue weighted by molar-refractivity contribution is -0.137. The Hall–Kier alpha value is -1.31. The number of hydrogen-bond donors (Lipinski definition) is 0. The van der Waals surface area contributed by atoms with Crippen molar-refractivity contribution in [3.63, 3.8) is 0 Å². The van der Waals surface area contributed by atoms with Gasteiger partial charge >= 0.3 is 11.7 Å². The van der Waals surface area contributed by atoms with Gasteiger partial charge in [-0.15, -0.1) is 0 Å². The van der Waals surface area contributed by atoms with Gasteiger partial charge in [0.05, 0.1) is 5.56 Å². The van der Waals surface area contributed by atoms with Crippen molar-refractivity contribution < 1.29 is 30.6 Å². The number of benzene rings is 1. The van der Waals surface area contributed by atoms with E-state index in [0.717, 1.165) is 30.3 Å². The summed E-state index contributed by atoms with van der Waals surface area (Å²) >= 11 is 0. The number of hydrogen-bond acceptors (Lipinski definition) is 1.